The van der Waals surface area contributed by atoms with Crippen LogP contribution < -0.4 is 0 Å². The van der Waals surface area contributed by atoms with Crippen molar-refractivity contribution in [3.63, 3.8) is 0 Å². The Morgan fingerprint density at radius 3 is 2.50 bits per heavy atom. The van der Waals surface area contributed by atoms with Crippen molar-refractivity contribution in [2.24, 2.45) is 0 Å². The third kappa shape index (κ3) is 3.46. The minimum absolute atomic E-state index is 0.00989. The first-order chi connectivity index (χ1) is 11.5. The maximum atomic E-state index is 12.2. The van der Waals surface area contributed by atoms with Gasteiger partial charge in [-0.1, -0.05) is 52.3 Å². The number of fused-ring (bicyclic) bond motifs is 1. The summed E-state index contributed by atoms with van der Waals surface area (Å²) in [6.45, 7) is -0.386. The van der Waals surface area contributed by atoms with Crippen molar-refractivity contribution in [1.82, 2.24) is 0 Å². The first-order valence-electron chi connectivity index (χ1n) is 7.22. The van der Waals surface area contributed by atoms with Crippen molar-refractivity contribution in [3.8, 4) is 5.75 Å². The molecule has 120 valence electrons. The van der Waals surface area contributed by atoms with E-state index in [-0.39, 0.29) is 23.7 Å². The lowest BCUT2D eigenvalue weighted by molar-refractivity contribution is 0.0472. The number of esters is 1. The quantitative estimate of drug-likeness (QED) is 0.536. The van der Waals surface area contributed by atoms with Crippen molar-refractivity contribution in [3.05, 3.63) is 76.3 Å². The van der Waals surface area contributed by atoms with Crippen LogP contribution in [-0.2, 0) is 4.74 Å². The Morgan fingerprint density at radius 2 is 1.71 bits per heavy atom. The van der Waals surface area contributed by atoms with Gasteiger partial charge in [-0.05, 0) is 35.0 Å². The molecule has 0 unspecified atom stereocenters. The van der Waals surface area contributed by atoms with Crippen LogP contribution in [0.1, 0.15) is 20.7 Å². The molecule has 0 heterocycles. The smallest absolute Gasteiger partial charge is 0.342 e. The molecule has 0 aromatic heterocycles. The van der Waals surface area contributed by atoms with E-state index in [2.05, 4.69) is 15.9 Å². The molecule has 4 nitrogen and oxygen atoms in total. The molecule has 0 saturated heterocycles. The minimum atomic E-state index is -0.747. The molecule has 0 aliphatic heterocycles. The van der Waals surface area contributed by atoms with Gasteiger partial charge in [0, 0.05) is 10.0 Å². The van der Waals surface area contributed by atoms with E-state index in [1.54, 1.807) is 18.2 Å². The Hall–Kier alpha value is -2.66. The van der Waals surface area contributed by atoms with E-state index < -0.39 is 5.97 Å². The van der Waals surface area contributed by atoms with E-state index in [1.807, 2.05) is 30.3 Å². The lowest BCUT2D eigenvalue weighted by Gasteiger charge is -2.07. The predicted molar refractivity (Wildman–Crippen MR) is 94.4 cm³/mol. The minimum Gasteiger partial charge on any atom is -0.507 e. The number of halogens is 1. The summed E-state index contributed by atoms with van der Waals surface area (Å²) >= 11 is 3.22. The molecular formula is C19H13BrO4. The first kappa shape index (κ1) is 16.2. The summed E-state index contributed by atoms with van der Waals surface area (Å²) < 4.78 is 5.66. The molecule has 0 saturated carbocycles. The van der Waals surface area contributed by atoms with Crippen LogP contribution in [0.2, 0.25) is 0 Å². The maximum Gasteiger partial charge on any atom is 0.342 e. The van der Waals surface area contributed by atoms with Gasteiger partial charge >= 0.3 is 5.97 Å². The highest BCUT2D eigenvalue weighted by molar-refractivity contribution is 9.10. The summed E-state index contributed by atoms with van der Waals surface area (Å²) in [5.41, 5.74) is 0.482. The molecule has 0 fully saturated rings. The highest BCUT2D eigenvalue weighted by atomic mass is 79.9. The number of ether oxygens (including phenoxy) is 1. The zero-order valence-electron chi connectivity index (χ0n) is 12.5. The zero-order chi connectivity index (χ0) is 17.1. The highest BCUT2D eigenvalue weighted by Gasteiger charge is 2.16. The van der Waals surface area contributed by atoms with Gasteiger partial charge in [-0.3, -0.25) is 4.79 Å². The molecular weight excluding hydrogens is 372 g/mol. The third-order valence-corrected chi connectivity index (χ3v) is 4.08. The Kier molecular flexibility index (Phi) is 4.62. The van der Waals surface area contributed by atoms with Crippen molar-refractivity contribution < 1.29 is 19.4 Å². The molecule has 1 N–H and O–H groups in total. The fourth-order valence-corrected chi connectivity index (χ4v) is 2.69. The second kappa shape index (κ2) is 6.84. The monoisotopic (exact) mass is 384 g/mol. The number of phenolic OH excluding ortho intramolecular Hbond substituents is 1. The second-order valence-electron chi connectivity index (χ2n) is 5.22. The number of carbonyl (C=O) groups excluding carboxylic acids is 2. The normalized spacial score (nSPS) is 10.5. The second-order valence-corrected chi connectivity index (χ2v) is 6.14. The molecule has 3 rings (SSSR count). The molecule has 24 heavy (non-hydrogen) atoms. The van der Waals surface area contributed by atoms with Gasteiger partial charge in [0.15, 0.2) is 12.4 Å². The lowest BCUT2D eigenvalue weighted by atomic mass is 10.0. The van der Waals surface area contributed by atoms with E-state index in [1.165, 1.54) is 12.1 Å². The van der Waals surface area contributed by atoms with Gasteiger partial charge in [-0.15, -0.1) is 0 Å². The number of ketones is 1. The van der Waals surface area contributed by atoms with Crippen LogP contribution in [0, 0.1) is 0 Å². The average molecular weight is 385 g/mol. The van der Waals surface area contributed by atoms with Gasteiger partial charge in [-0.2, -0.15) is 0 Å². The molecule has 0 spiro atoms. The number of rotatable bonds is 4. The van der Waals surface area contributed by atoms with Crippen LogP contribution in [-0.4, -0.2) is 23.5 Å². The third-order valence-electron chi connectivity index (χ3n) is 3.58. The van der Waals surface area contributed by atoms with Crippen LogP contribution in [0.3, 0.4) is 0 Å². The van der Waals surface area contributed by atoms with Crippen molar-refractivity contribution in [2.75, 3.05) is 6.61 Å². The Balaban J connectivity index is 1.72. The van der Waals surface area contributed by atoms with Gasteiger partial charge < -0.3 is 9.84 Å². The number of hydrogen-bond donors (Lipinski definition) is 1. The number of phenols is 1. The van der Waals surface area contributed by atoms with Crippen LogP contribution in [0.5, 0.6) is 5.75 Å². The molecule has 0 amide bonds. The van der Waals surface area contributed by atoms with Crippen LogP contribution in [0.15, 0.2) is 65.1 Å². The summed E-state index contributed by atoms with van der Waals surface area (Å²) in [6, 6.07) is 17.4. The molecule has 5 heteroatoms. The van der Waals surface area contributed by atoms with Crippen LogP contribution >= 0.6 is 15.9 Å². The first-order valence-corrected chi connectivity index (χ1v) is 8.01. The van der Waals surface area contributed by atoms with Gasteiger partial charge in [0.1, 0.15) is 11.3 Å². The molecule has 0 aliphatic rings. The van der Waals surface area contributed by atoms with Crippen molar-refractivity contribution in [1.29, 1.82) is 0 Å². The number of carbonyl (C=O) groups is 2. The molecule has 0 aliphatic carbocycles. The van der Waals surface area contributed by atoms with Crippen LogP contribution in [0.4, 0.5) is 0 Å². The van der Waals surface area contributed by atoms with E-state index in [4.69, 9.17) is 4.74 Å². The molecule has 0 atom stereocenters. The van der Waals surface area contributed by atoms with E-state index >= 15 is 0 Å². The number of hydrogen-bond acceptors (Lipinski definition) is 4. The molecule has 0 bridgehead atoms. The van der Waals surface area contributed by atoms with Crippen molar-refractivity contribution in [2.45, 2.75) is 0 Å². The Morgan fingerprint density at radius 1 is 0.958 bits per heavy atom. The van der Waals surface area contributed by atoms with Gasteiger partial charge in [0.2, 0.25) is 0 Å². The highest BCUT2D eigenvalue weighted by Crippen LogP contribution is 2.23. The van der Waals surface area contributed by atoms with Crippen LogP contribution in [0.25, 0.3) is 10.8 Å². The number of Topliss-reactive ketones (excluding diaryl/α,β-unsaturated/α-hetero) is 1. The van der Waals surface area contributed by atoms with E-state index in [0.717, 1.165) is 10.8 Å². The van der Waals surface area contributed by atoms with E-state index in [0.29, 0.717) is 10.0 Å². The molecule has 3 aromatic carbocycles. The maximum absolute atomic E-state index is 12.2. The summed E-state index contributed by atoms with van der Waals surface area (Å²) in [6.07, 6.45) is 0. The molecule has 3 aromatic rings. The van der Waals surface area contributed by atoms with Gasteiger partial charge in [0.05, 0.1) is 0 Å². The largest absolute Gasteiger partial charge is 0.507 e. The summed E-state index contributed by atoms with van der Waals surface area (Å²) in [4.78, 5) is 24.2. The summed E-state index contributed by atoms with van der Waals surface area (Å²) in [7, 11) is 0. The number of benzene rings is 3. The number of aromatic hydroxyl groups is 1. The fourth-order valence-electron chi connectivity index (χ4n) is 2.33. The van der Waals surface area contributed by atoms with E-state index in [9.17, 15) is 14.7 Å². The van der Waals surface area contributed by atoms with Gasteiger partial charge in [-0.25, -0.2) is 4.79 Å². The zero-order valence-corrected chi connectivity index (χ0v) is 14.1. The average Bonchev–Trinajstić information content (AvgIpc) is 2.61. The molecule has 0 radical (unpaired) electrons. The Bertz CT molecular complexity index is 934. The fraction of sp³-hybridized carbons (Fsp3) is 0.0526. The predicted octanol–water partition coefficient (Wildman–Crippen LogP) is 4.35. The lowest BCUT2D eigenvalue weighted by Crippen LogP contribution is -2.14. The van der Waals surface area contributed by atoms with Gasteiger partial charge in [0.25, 0.3) is 0 Å². The SMILES string of the molecule is O=C(COC(=O)c1cc(Br)ccc1O)c1ccc2ccccc2c1. The Labute approximate surface area is 146 Å². The topological polar surface area (TPSA) is 63.6 Å². The summed E-state index contributed by atoms with van der Waals surface area (Å²) in [5.74, 6) is -1.24. The summed E-state index contributed by atoms with van der Waals surface area (Å²) in [5, 5.41) is 11.7. The van der Waals surface area contributed by atoms with Crippen molar-refractivity contribution >= 4 is 38.5 Å². The standard InChI is InChI=1S/C19H13BrO4/c20-15-7-8-17(21)16(10-15)19(23)24-11-18(22)14-6-5-12-3-1-2-4-13(12)9-14/h1-10,21H,11H2.